The van der Waals surface area contributed by atoms with Crippen molar-refractivity contribution in [1.29, 1.82) is 0 Å². The number of carbonyl (C=O) groups is 1. The third-order valence-electron chi connectivity index (χ3n) is 7.25. The molecule has 1 atom stereocenters. The molecular weight excluding hydrogens is 518 g/mol. The fourth-order valence-electron chi connectivity index (χ4n) is 4.94. The van der Waals surface area contributed by atoms with Crippen molar-refractivity contribution in [3.63, 3.8) is 0 Å². The Hall–Kier alpha value is -2.95. The van der Waals surface area contributed by atoms with E-state index in [-0.39, 0.29) is 12.3 Å². The van der Waals surface area contributed by atoms with Gasteiger partial charge in [-0.3, -0.25) is 14.4 Å². The molecule has 1 saturated carbocycles. The Morgan fingerprint density at radius 2 is 1.77 bits per heavy atom. The van der Waals surface area contributed by atoms with Gasteiger partial charge in [0.25, 0.3) is 0 Å². The second kappa shape index (κ2) is 12.5. The van der Waals surface area contributed by atoms with Gasteiger partial charge in [-0.2, -0.15) is 4.98 Å². The summed E-state index contributed by atoms with van der Waals surface area (Å²) in [5.74, 6) is 0.355. The number of nitrogens with one attached hydrogen (secondary N) is 1. The van der Waals surface area contributed by atoms with Crippen molar-refractivity contribution in [2.75, 3.05) is 24.2 Å². The van der Waals surface area contributed by atoms with E-state index in [1.165, 1.54) is 10.6 Å². The number of carboxylic acids is 1. The minimum atomic E-state index is -3.60. The molecule has 212 valence electrons. The smallest absolute Gasteiger partial charge is 0.303 e. The Labute approximate surface area is 230 Å². The molecule has 39 heavy (non-hydrogen) atoms. The van der Waals surface area contributed by atoms with E-state index in [0.717, 1.165) is 55.2 Å². The first-order chi connectivity index (χ1) is 18.6. The fraction of sp³-hybridized carbons (Fsp3) is 0.517. The molecule has 1 aromatic carbocycles. The highest BCUT2D eigenvalue weighted by atomic mass is 32.2. The average molecular weight is 558 g/mol. The van der Waals surface area contributed by atoms with Gasteiger partial charge in [0, 0.05) is 23.9 Å². The first kappa shape index (κ1) is 29.0. The number of unbranched alkanes of at least 4 members (excludes halogenated alkanes) is 5. The van der Waals surface area contributed by atoms with Crippen molar-refractivity contribution in [3.05, 3.63) is 47.0 Å². The second-order valence-electron chi connectivity index (χ2n) is 10.5. The van der Waals surface area contributed by atoms with Crippen molar-refractivity contribution in [2.24, 2.45) is 0 Å². The molecule has 10 heteroatoms. The first-order valence-electron chi connectivity index (χ1n) is 13.7. The molecule has 1 unspecified atom stereocenters. The fourth-order valence-corrected chi connectivity index (χ4v) is 5.87. The quantitative estimate of drug-likeness (QED) is 0.165. The van der Waals surface area contributed by atoms with E-state index in [1.54, 1.807) is 7.05 Å². The predicted octanol–water partition coefficient (Wildman–Crippen LogP) is 5.47. The summed E-state index contributed by atoms with van der Waals surface area (Å²) in [5, 5.41) is 23.2. The number of hydrogen-bond acceptors (Lipinski definition) is 7. The van der Waals surface area contributed by atoms with Crippen molar-refractivity contribution in [1.82, 2.24) is 10.3 Å². The van der Waals surface area contributed by atoms with Crippen LogP contribution in [0.25, 0.3) is 22.4 Å². The Bertz CT molecular complexity index is 1400. The summed E-state index contributed by atoms with van der Waals surface area (Å²) in [4.78, 5) is 15.4. The third kappa shape index (κ3) is 7.17. The number of pyridine rings is 1. The largest absolute Gasteiger partial charge is 0.481 e. The van der Waals surface area contributed by atoms with Crippen molar-refractivity contribution in [2.45, 2.75) is 76.9 Å². The Kier molecular flexibility index (Phi) is 9.30. The molecule has 0 aliphatic heterocycles. The van der Waals surface area contributed by atoms with Crippen LogP contribution in [0.5, 0.6) is 0 Å². The summed E-state index contributed by atoms with van der Waals surface area (Å²) in [7, 11) is -1.93. The van der Waals surface area contributed by atoms with Crippen LogP contribution in [0.3, 0.4) is 0 Å². The maximum absolute atomic E-state index is 13.0. The van der Waals surface area contributed by atoms with Gasteiger partial charge >= 0.3 is 5.97 Å². The van der Waals surface area contributed by atoms with E-state index in [9.17, 15) is 18.3 Å². The Balaban J connectivity index is 1.65. The number of aliphatic hydroxyl groups is 1. The normalized spacial score (nSPS) is 14.6. The average Bonchev–Trinajstić information content (AvgIpc) is 3.66. The molecule has 4 rings (SSSR count). The number of carboxylic acid groups (broad SMARTS) is 1. The zero-order valence-electron chi connectivity index (χ0n) is 22.9. The summed E-state index contributed by atoms with van der Waals surface area (Å²) in [5.41, 5.74) is 3.65. The number of benzene rings is 1. The van der Waals surface area contributed by atoms with Gasteiger partial charge in [0.1, 0.15) is 17.8 Å². The van der Waals surface area contributed by atoms with Gasteiger partial charge in [-0.25, -0.2) is 8.42 Å². The highest BCUT2D eigenvalue weighted by Crippen LogP contribution is 2.47. The summed E-state index contributed by atoms with van der Waals surface area (Å²) in [6.45, 7) is 2.31. The van der Waals surface area contributed by atoms with Gasteiger partial charge < -0.3 is 14.6 Å². The van der Waals surface area contributed by atoms with Crippen LogP contribution in [0.2, 0.25) is 0 Å². The summed E-state index contributed by atoms with van der Waals surface area (Å²) < 4.78 is 33.5. The zero-order valence-corrected chi connectivity index (χ0v) is 23.8. The number of aliphatic hydroxyl groups excluding tert-OH is 1. The molecule has 2 aromatic heterocycles. The van der Waals surface area contributed by atoms with Crippen LogP contribution in [0.1, 0.15) is 86.6 Å². The summed E-state index contributed by atoms with van der Waals surface area (Å²) >= 11 is 0. The molecule has 0 bridgehead atoms. The van der Waals surface area contributed by atoms with Crippen LogP contribution >= 0.6 is 0 Å². The van der Waals surface area contributed by atoms with Gasteiger partial charge in [-0.15, -0.1) is 0 Å². The summed E-state index contributed by atoms with van der Waals surface area (Å²) in [6, 6.07) is 9.78. The SMILES string of the molecule is CNC(O)c1c(-c2ccc(C)cc2)oc2nc(N(CCCCCCCCC(=O)O)S(C)(=O)=O)c(C3CC3)cc12. The number of aryl methyl sites for hydroxylation is 1. The lowest BCUT2D eigenvalue weighted by molar-refractivity contribution is -0.137. The maximum atomic E-state index is 13.0. The minimum Gasteiger partial charge on any atom is -0.481 e. The molecule has 2 heterocycles. The van der Waals surface area contributed by atoms with E-state index in [1.807, 2.05) is 37.3 Å². The van der Waals surface area contributed by atoms with Crippen molar-refractivity contribution >= 4 is 32.9 Å². The number of nitrogens with zero attached hydrogens (tertiary/aromatic N) is 2. The molecule has 0 saturated heterocycles. The molecule has 1 fully saturated rings. The molecule has 9 nitrogen and oxygen atoms in total. The highest BCUT2D eigenvalue weighted by Gasteiger charge is 2.34. The molecule has 0 amide bonds. The van der Waals surface area contributed by atoms with Crippen molar-refractivity contribution < 1.29 is 27.8 Å². The molecular formula is C29H39N3O6S. The van der Waals surface area contributed by atoms with E-state index in [0.29, 0.717) is 47.6 Å². The molecule has 3 N–H and O–H groups in total. The first-order valence-corrected chi connectivity index (χ1v) is 15.5. The maximum Gasteiger partial charge on any atom is 0.303 e. The van der Waals surface area contributed by atoms with Crippen LogP contribution in [0, 0.1) is 6.92 Å². The number of rotatable bonds is 15. The van der Waals surface area contributed by atoms with Gasteiger partial charge in [0.05, 0.1) is 11.8 Å². The topological polar surface area (TPSA) is 133 Å². The number of hydrogen-bond donors (Lipinski definition) is 3. The second-order valence-corrected chi connectivity index (χ2v) is 12.4. The standard InChI is InChI=1S/C29H39N3O6S/c1-19-11-13-21(14-12-19)26-25(28(35)30-2)23-18-22(20-15-16-20)27(31-29(23)38-26)32(39(3,36)37)17-9-7-5-4-6-8-10-24(33)34/h11-14,18,20,28,30,35H,4-10,15-17H2,1-3H3,(H,33,34). The predicted molar refractivity (Wildman–Crippen MR) is 152 cm³/mol. The Morgan fingerprint density at radius 1 is 1.13 bits per heavy atom. The molecule has 3 aromatic rings. The van der Waals surface area contributed by atoms with Gasteiger partial charge in [0.2, 0.25) is 15.7 Å². The molecule has 1 aliphatic rings. The van der Waals surface area contributed by atoms with Crippen LogP contribution in [-0.4, -0.2) is 49.4 Å². The highest BCUT2D eigenvalue weighted by molar-refractivity contribution is 7.92. The lowest BCUT2D eigenvalue weighted by Crippen LogP contribution is -2.32. The molecule has 0 radical (unpaired) electrons. The number of sulfonamides is 1. The number of furan rings is 1. The van der Waals surface area contributed by atoms with Gasteiger partial charge in [-0.05, 0) is 57.2 Å². The minimum absolute atomic E-state index is 0.186. The summed E-state index contributed by atoms with van der Waals surface area (Å²) in [6.07, 6.45) is 7.21. The number of aliphatic carboxylic acids is 1. The molecule has 1 aliphatic carbocycles. The lowest BCUT2D eigenvalue weighted by Gasteiger charge is -2.24. The number of anilines is 1. The van der Waals surface area contributed by atoms with E-state index in [4.69, 9.17) is 14.5 Å². The Morgan fingerprint density at radius 3 is 2.36 bits per heavy atom. The van der Waals surface area contributed by atoms with Gasteiger partial charge in [-0.1, -0.05) is 55.5 Å². The van der Waals surface area contributed by atoms with Crippen LogP contribution in [-0.2, 0) is 14.8 Å². The van der Waals surface area contributed by atoms with E-state index in [2.05, 4.69) is 5.32 Å². The monoisotopic (exact) mass is 557 g/mol. The van der Waals surface area contributed by atoms with E-state index < -0.39 is 22.2 Å². The number of fused-ring (bicyclic) bond motifs is 1. The third-order valence-corrected chi connectivity index (χ3v) is 8.40. The number of aromatic nitrogens is 1. The van der Waals surface area contributed by atoms with Crippen LogP contribution in [0.4, 0.5) is 5.82 Å². The van der Waals surface area contributed by atoms with Crippen LogP contribution in [0.15, 0.2) is 34.7 Å². The van der Waals surface area contributed by atoms with Crippen LogP contribution < -0.4 is 9.62 Å². The zero-order chi connectivity index (χ0) is 28.2. The van der Waals surface area contributed by atoms with Crippen molar-refractivity contribution in [3.8, 4) is 11.3 Å². The lowest BCUT2D eigenvalue weighted by atomic mass is 10.0. The molecule has 0 spiro atoms. The van der Waals surface area contributed by atoms with Gasteiger partial charge in [0.15, 0.2) is 0 Å². The van der Waals surface area contributed by atoms with E-state index >= 15 is 0 Å².